The van der Waals surface area contributed by atoms with E-state index in [-0.39, 0.29) is 18.4 Å². The summed E-state index contributed by atoms with van der Waals surface area (Å²) >= 11 is 6.01. The number of carbonyl (C=O) groups is 2. The van der Waals surface area contributed by atoms with Gasteiger partial charge in [0, 0.05) is 18.1 Å². The van der Waals surface area contributed by atoms with Gasteiger partial charge in [-0.05, 0) is 54.2 Å². The molecule has 192 valence electrons. The van der Waals surface area contributed by atoms with Crippen molar-refractivity contribution in [3.8, 4) is 0 Å². The number of aryl methyl sites for hydroxylation is 1. The van der Waals surface area contributed by atoms with Crippen LogP contribution in [0.4, 0.5) is 5.69 Å². The largest absolute Gasteiger partial charge is 0.354 e. The minimum atomic E-state index is -3.75. The summed E-state index contributed by atoms with van der Waals surface area (Å²) in [4.78, 5) is 28.1. The van der Waals surface area contributed by atoms with Gasteiger partial charge in [0.05, 0.1) is 11.9 Å². The number of amides is 2. The fraction of sp³-hybridized carbons (Fsp3) is 0.462. The predicted octanol–water partition coefficient (Wildman–Crippen LogP) is 4.25. The highest BCUT2D eigenvalue weighted by Gasteiger charge is 2.31. The fourth-order valence-electron chi connectivity index (χ4n) is 3.64. The lowest BCUT2D eigenvalue weighted by Crippen LogP contribution is -2.52. The second-order valence-electron chi connectivity index (χ2n) is 9.00. The van der Waals surface area contributed by atoms with E-state index < -0.39 is 28.5 Å². The SMILES string of the molecule is CCc1ccc(N(CC(=O)N(Cc2ccc(Cl)cc2)[C@@H](CC)C(=O)NCC(C)C)S(C)(=O)=O)cc1. The van der Waals surface area contributed by atoms with Gasteiger partial charge in [0.25, 0.3) is 0 Å². The van der Waals surface area contributed by atoms with E-state index in [1.165, 1.54) is 4.90 Å². The van der Waals surface area contributed by atoms with Crippen molar-refractivity contribution in [3.05, 3.63) is 64.7 Å². The average molecular weight is 522 g/mol. The first-order valence-electron chi connectivity index (χ1n) is 11.8. The number of sulfonamides is 1. The Kier molecular flexibility index (Phi) is 10.6. The molecule has 7 nitrogen and oxygen atoms in total. The van der Waals surface area contributed by atoms with Crippen molar-refractivity contribution in [2.75, 3.05) is 23.7 Å². The van der Waals surface area contributed by atoms with Crippen molar-refractivity contribution in [2.24, 2.45) is 5.92 Å². The van der Waals surface area contributed by atoms with Crippen LogP contribution < -0.4 is 9.62 Å². The first-order chi connectivity index (χ1) is 16.5. The molecule has 0 aromatic heterocycles. The summed E-state index contributed by atoms with van der Waals surface area (Å²) < 4.78 is 26.4. The maximum absolute atomic E-state index is 13.6. The van der Waals surface area contributed by atoms with Crippen molar-refractivity contribution >= 4 is 39.1 Å². The normalized spacial score (nSPS) is 12.3. The smallest absolute Gasteiger partial charge is 0.244 e. The van der Waals surface area contributed by atoms with E-state index in [4.69, 9.17) is 11.6 Å². The number of nitrogens with one attached hydrogen (secondary N) is 1. The quantitative estimate of drug-likeness (QED) is 0.452. The topological polar surface area (TPSA) is 86.8 Å². The molecule has 0 saturated heterocycles. The molecule has 0 unspecified atom stereocenters. The van der Waals surface area contributed by atoms with Crippen LogP contribution in [0.25, 0.3) is 0 Å². The number of nitrogens with zero attached hydrogens (tertiary/aromatic N) is 2. The molecule has 0 spiro atoms. The summed E-state index contributed by atoms with van der Waals surface area (Å²) in [5, 5.41) is 3.47. The Hall–Kier alpha value is -2.58. The minimum absolute atomic E-state index is 0.149. The van der Waals surface area contributed by atoms with Crippen molar-refractivity contribution in [1.82, 2.24) is 10.2 Å². The predicted molar refractivity (Wildman–Crippen MR) is 142 cm³/mol. The van der Waals surface area contributed by atoms with Crippen LogP contribution in [0.1, 0.15) is 45.2 Å². The maximum Gasteiger partial charge on any atom is 0.244 e. The third-order valence-electron chi connectivity index (χ3n) is 5.65. The van der Waals surface area contributed by atoms with Crippen LogP contribution in [-0.2, 0) is 32.6 Å². The van der Waals surface area contributed by atoms with E-state index in [9.17, 15) is 18.0 Å². The third kappa shape index (κ3) is 8.54. The van der Waals surface area contributed by atoms with Gasteiger partial charge in [-0.25, -0.2) is 8.42 Å². The highest BCUT2D eigenvalue weighted by atomic mass is 35.5. The van der Waals surface area contributed by atoms with E-state index in [0.29, 0.717) is 23.7 Å². The zero-order valence-corrected chi connectivity index (χ0v) is 22.7. The third-order valence-corrected chi connectivity index (χ3v) is 7.04. The number of hydrogen-bond acceptors (Lipinski definition) is 4. The average Bonchev–Trinajstić information content (AvgIpc) is 2.81. The van der Waals surface area contributed by atoms with Gasteiger partial charge in [0.1, 0.15) is 12.6 Å². The van der Waals surface area contributed by atoms with Crippen molar-refractivity contribution in [1.29, 1.82) is 0 Å². The highest BCUT2D eigenvalue weighted by molar-refractivity contribution is 7.92. The molecule has 1 N–H and O–H groups in total. The van der Waals surface area contributed by atoms with Crippen LogP contribution in [0.15, 0.2) is 48.5 Å². The second-order valence-corrected chi connectivity index (χ2v) is 11.3. The minimum Gasteiger partial charge on any atom is -0.354 e. The van der Waals surface area contributed by atoms with Crippen LogP contribution in [0.3, 0.4) is 0 Å². The molecule has 0 heterocycles. The molecule has 1 atom stereocenters. The lowest BCUT2D eigenvalue weighted by atomic mass is 10.1. The number of hydrogen-bond donors (Lipinski definition) is 1. The summed E-state index contributed by atoms with van der Waals surface area (Å²) in [6, 6.07) is 13.4. The summed E-state index contributed by atoms with van der Waals surface area (Å²) in [5.74, 6) is -0.470. The molecule has 9 heteroatoms. The van der Waals surface area contributed by atoms with Crippen molar-refractivity contribution < 1.29 is 18.0 Å². The second kappa shape index (κ2) is 12.9. The Morgan fingerprint density at radius 2 is 1.54 bits per heavy atom. The number of carbonyl (C=O) groups excluding carboxylic acids is 2. The monoisotopic (exact) mass is 521 g/mol. The number of anilines is 1. The standard InChI is InChI=1S/C26H36ClN3O4S/c1-6-20-10-14-23(15-11-20)30(35(5,33)34)18-25(31)29(17-21-8-12-22(27)13-9-21)24(7-2)26(32)28-16-19(3)4/h8-15,19,24H,6-7,16-18H2,1-5H3,(H,28,32)/t24-/m0/s1. The van der Waals surface area contributed by atoms with Gasteiger partial charge >= 0.3 is 0 Å². The maximum atomic E-state index is 13.6. The number of rotatable bonds is 12. The molecule has 0 fully saturated rings. The van der Waals surface area contributed by atoms with E-state index in [2.05, 4.69) is 5.32 Å². The van der Waals surface area contributed by atoms with Gasteiger partial charge in [-0.2, -0.15) is 0 Å². The van der Waals surface area contributed by atoms with Gasteiger partial charge in [-0.3, -0.25) is 13.9 Å². The van der Waals surface area contributed by atoms with E-state index >= 15 is 0 Å². The highest BCUT2D eigenvalue weighted by Crippen LogP contribution is 2.21. The molecule has 0 aliphatic carbocycles. The first kappa shape index (κ1) is 28.7. The summed E-state index contributed by atoms with van der Waals surface area (Å²) in [7, 11) is -3.75. The Labute approximate surface area is 214 Å². The molecule has 0 radical (unpaired) electrons. The van der Waals surface area contributed by atoms with Gasteiger partial charge in [0.2, 0.25) is 21.8 Å². The molecule has 0 bridgehead atoms. The van der Waals surface area contributed by atoms with Gasteiger partial charge in [-0.15, -0.1) is 0 Å². The number of benzene rings is 2. The van der Waals surface area contributed by atoms with Gasteiger partial charge in [0.15, 0.2) is 0 Å². The van der Waals surface area contributed by atoms with Crippen LogP contribution in [-0.4, -0.2) is 50.5 Å². The lowest BCUT2D eigenvalue weighted by Gasteiger charge is -2.33. The molecule has 2 aromatic rings. The Balaban J connectivity index is 2.40. The zero-order chi connectivity index (χ0) is 26.2. The van der Waals surface area contributed by atoms with Crippen LogP contribution in [0, 0.1) is 5.92 Å². The molecule has 0 aliphatic heterocycles. The summed E-state index contributed by atoms with van der Waals surface area (Å²) in [5.41, 5.74) is 2.25. The lowest BCUT2D eigenvalue weighted by molar-refractivity contribution is -0.140. The molecule has 2 rings (SSSR count). The molecule has 2 aromatic carbocycles. The van der Waals surface area contributed by atoms with E-state index in [1.54, 1.807) is 36.4 Å². The summed E-state index contributed by atoms with van der Waals surface area (Å²) in [6.45, 7) is 8.05. The first-order valence-corrected chi connectivity index (χ1v) is 14.1. The molecular weight excluding hydrogens is 486 g/mol. The molecule has 0 aliphatic rings. The van der Waals surface area contributed by atoms with Crippen LogP contribution >= 0.6 is 11.6 Å². The van der Waals surface area contributed by atoms with Crippen LogP contribution in [0.2, 0.25) is 5.02 Å². The summed E-state index contributed by atoms with van der Waals surface area (Å²) in [6.07, 6.45) is 2.27. The van der Waals surface area contributed by atoms with Gasteiger partial charge in [-0.1, -0.05) is 63.6 Å². The fourth-order valence-corrected chi connectivity index (χ4v) is 4.62. The molecular formula is C26H36ClN3O4S. The van der Waals surface area contributed by atoms with Crippen LogP contribution in [0.5, 0.6) is 0 Å². The van der Waals surface area contributed by atoms with Crippen molar-refractivity contribution in [3.63, 3.8) is 0 Å². The van der Waals surface area contributed by atoms with E-state index in [1.807, 2.05) is 39.8 Å². The van der Waals surface area contributed by atoms with Crippen molar-refractivity contribution in [2.45, 2.75) is 53.1 Å². The number of halogens is 1. The Morgan fingerprint density at radius 1 is 0.971 bits per heavy atom. The molecule has 35 heavy (non-hydrogen) atoms. The molecule has 0 saturated carbocycles. The van der Waals surface area contributed by atoms with E-state index in [0.717, 1.165) is 28.1 Å². The molecule has 2 amide bonds. The Morgan fingerprint density at radius 3 is 2.03 bits per heavy atom. The zero-order valence-electron chi connectivity index (χ0n) is 21.1. The Bertz CT molecular complexity index is 1090. The van der Waals surface area contributed by atoms with Gasteiger partial charge < -0.3 is 10.2 Å².